The Hall–Kier alpha value is -1.18. The van der Waals surface area contributed by atoms with Gasteiger partial charge in [-0.25, -0.2) is 0 Å². The molecule has 3 atom stereocenters. The summed E-state index contributed by atoms with van der Waals surface area (Å²) in [5.41, 5.74) is 0.283. The number of hydrogen-bond donors (Lipinski definition) is 2. The predicted molar refractivity (Wildman–Crippen MR) is 82.1 cm³/mol. The van der Waals surface area contributed by atoms with Gasteiger partial charge in [0, 0.05) is 24.9 Å². The number of phenols is 1. The standard InChI is InChI=1S/C17H23NO5/c19-16-4-2-1-3-12(16)8-23-17(5-13-9-20-13,6-14-10-21-14)18-7-15-11-22-15/h1-4,13-15,18-19H,5-11H2. The number of para-hydroxylation sites is 1. The van der Waals surface area contributed by atoms with Crippen LogP contribution in [0.3, 0.4) is 0 Å². The van der Waals surface area contributed by atoms with Gasteiger partial charge in [-0.15, -0.1) is 0 Å². The van der Waals surface area contributed by atoms with Crippen LogP contribution in [0.15, 0.2) is 24.3 Å². The molecule has 0 aromatic heterocycles. The summed E-state index contributed by atoms with van der Waals surface area (Å²) in [6.45, 7) is 3.50. The van der Waals surface area contributed by atoms with Gasteiger partial charge in [-0.1, -0.05) is 18.2 Å². The Morgan fingerprint density at radius 2 is 1.65 bits per heavy atom. The van der Waals surface area contributed by atoms with Gasteiger partial charge < -0.3 is 24.1 Å². The number of ether oxygens (including phenoxy) is 4. The Labute approximate surface area is 135 Å². The highest BCUT2D eigenvalue weighted by Gasteiger charge is 2.44. The van der Waals surface area contributed by atoms with Crippen molar-refractivity contribution < 1.29 is 24.1 Å². The van der Waals surface area contributed by atoms with Gasteiger partial charge in [0.2, 0.25) is 0 Å². The van der Waals surface area contributed by atoms with Crippen molar-refractivity contribution in [2.75, 3.05) is 26.4 Å². The van der Waals surface area contributed by atoms with Gasteiger partial charge in [-0.05, 0) is 6.07 Å². The number of hydrogen-bond acceptors (Lipinski definition) is 6. The molecule has 0 spiro atoms. The number of benzene rings is 1. The fraction of sp³-hybridized carbons (Fsp3) is 0.647. The van der Waals surface area contributed by atoms with Crippen LogP contribution in [0.5, 0.6) is 5.75 Å². The Balaban J connectivity index is 1.45. The molecule has 3 fully saturated rings. The maximum absolute atomic E-state index is 9.95. The molecule has 0 saturated carbocycles. The Kier molecular flexibility index (Phi) is 4.26. The van der Waals surface area contributed by atoms with E-state index in [1.807, 2.05) is 18.2 Å². The molecule has 0 amide bonds. The van der Waals surface area contributed by atoms with Crippen molar-refractivity contribution in [1.82, 2.24) is 5.32 Å². The minimum Gasteiger partial charge on any atom is -0.508 e. The number of epoxide rings is 3. The quantitative estimate of drug-likeness (QED) is 0.497. The smallest absolute Gasteiger partial charge is 0.124 e. The van der Waals surface area contributed by atoms with Crippen molar-refractivity contribution in [3.8, 4) is 5.75 Å². The van der Waals surface area contributed by atoms with E-state index in [2.05, 4.69) is 5.32 Å². The summed E-state index contributed by atoms with van der Waals surface area (Å²) in [5.74, 6) is 0.261. The lowest BCUT2D eigenvalue weighted by Gasteiger charge is -2.34. The molecular formula is C17H23NO5. The minimum absolute atomic E-state index is 0.241. The van der Waals surface area contributed by atoms with Crippen LogP contribution in [0.2, 0.25) is 0 Å². The van der Waals surface area contributed by atoms with E-state index in [-0.39, 0.29) is 24.1 Å². The molecule has 4 rings (SSSR count). The van der Waals surface area contributed by atoms with E-state index >= 15 is 0 Å². The average Bonchev–Trinajstić information content (AvgIpc) is 3.37. The molecule has 3 heterocycles. The van der Waals surface area contributed by atoms with Crippen molar-refractivity contribution in [2.24, 2.45) is 0 Å². The van der Waals surface area contributed by atoms with Gasteiger partial charge in [0.05, 0.1) is 44.7 Å². The van der Waals surface area contributed by atoms with E-state index in [1.54, 1.807) is 6.07 Å². The van der Waals surface area contributed by atoms with Crippen molar-refractivity contribution in [2.45, 2.75) is 43.5 Å². The zero-order valence-corrected chi connectivity index (χ0v) is 13.1. The summed E-state index contributed by atoms with van der Waals surface area (Å²) in [6, 6.07) is 7.27. The van der Waals surface area contributed by atoms with Crippen molar-refractivity contribution in [3.05, 3.63) is 29.8 Å². The van der Waals surface area contributed by atoms with Crippen LogP contribution in [0.1, 0.15) is 18.4 Å². The first-order valence-electron chi connectivity index (χ1n) is 8.23. The largest absolute Gasteiger partial charge is 0.508 e. The molecule has 126 valence electrons. The molecule has 3 unspecified atom stereocenters. The molecule has 3 aliphatic rings. The van der Waals surface area contributed by atoms with E-state index < -0.39 is 5.72 Å². The third-order valence-corrected chi connectivity index (χ3v) is 4.47. The van der Waals surface area contributed by atoms with Crippen LogP contribution < -0.4 is 5.32 Å². The molecule has 0 aliphatic carbocycles. The molecule has 3 aliphatic heterocycles. The Bertz CT molecular complexity index is 526. The minimum atomic E-state index is -0.503. The fourth-order valence-corrected chi connectivity index (χ4v) is 2.84. The van der Waals surface area contributed by atoms with Crippen LogP contribution in [0.4, 0.5) is 0 Å². The average molecular weight is 321 g/mol. The molecule has 0 radical (unpaired) electrons. The number of phenolic OH excluding ortho intramolecular Hbond substituents is 1. The first-order chi connectivity index (χ1) is 11.2. The number of nitrogens with one attached hydrogen (secondary N) is 1. The van der Waals surface area contributed by atoms with E-state index in [4.69, 9.17) is 18.9 Å². The molecule has 0 bridgehead atoms. The normalized spacial score (nSPS) is 30.7. The van der Waals surface area contributed by atoms with Gasteiger partial charge in [0.25, 0.3) is 0 Å². The second-order valence-corrected chi connectivity index (χ2v) is 6.57. The van der Waals surface area contributed by atoms with Crippen LogP contribution in [-0.4, -0.2) is 55.5 Å². The lowest BCUT2D eigenvalue weighted by molar-refractivity contribution is -0.100. The highest BCUT2D eigenvalue weighted by molar-refractivity contribution is 5.31. The number of aromatic hydroxyl groups is 1. The van der Waals surface area contributed by atoms with Crippen molar-refractivity contribution in [3.63, 3.8) is 0 Å². The van der Waals surface area contributed by atoms with Gasteiger partial charge in [-0.3, -0.25) is 5.32 Å². The lowest BCUT2D eigenvalue weighted by Crippen LogP contribution is -2.51. The third kappa shape index (κ3) is 4.43. The lowest BCUT2D eigenvalue weighted by atomic mass is 10.0. The topological polar surface area (TPSA) is 79.1 Å². The highest BCUT2D eigenvalue weighted by atomic mass is 16.6. The van der Waals surface area contributed by atoms with Crippen LogP contribution >= 0.6 is 0 Å². The van der Waals surface area contributed by atoms with Gasteiger partial charge in [0.1, 0.15) is 11.5 Å². The van der Waals surface area contributed by atoms with Gasteiger partial charge in [0.15, 0.2) is 0 Å². The molecule has 3 saturated heterocycles. The summed E-state index contributed by atoms with van der Waals surface area (Å²) >= 11 is 0. The van der Waals surface area contributed by atoms with Crippen LogP contribution in [-0.2, 0) is 25.6 Å². The molecule has 1 aromatic carbocycles. The summed E-state index contributed by atoms with van der Waals surface area (Å²) in [5, 5.41) is 13.5. The maximum Gasteiger partial charge on any atom is 0.124 e. The summed E-state index contributed by atoms with van der Waals surface area (Å²) in [6.07, 6.45) is 2.33. The third-order valence-electron chi connectivity index (χ3n) is 4.47. The van der Waals surface area contributed by atoms with E-state index in [1.165, 1.54) is 0 Å². The van der Waals surface area contributed by atoms with Crippen LogP contribution in [0.25, 0.3) is 0 Å². The SMILES string of the molecule is Oc1ccccc1COC(CC1CO1)(CC1CO1)NCC1CO1. The summed E-state index contributed by atoms with van der Waals surface area (Å²) in [4.78, 5) is 0. The second-order valence-electron chi connectivity index (χ2n) is 6.57. The van der Waals surface area contributed by atoms with E-state index in [0.29, 0.717) is 6.61 Å². The summed E-state index contributed by atoms with van der Waals surface area (Å²) in [7, 11) is 0. The van der Waals surface area contributed by atoms with Gasteiger partial charge >= 0.3 is 0 Å². The van der Waals surface area contributed by atoms with Crippen molar-refractivity contribution >= 4 is 0 Å². The maximum atomic E-state index is 9.95. The molecule has 6 nitrogen and oxygen atoms in total. The van der Waals surface area contributed by atoms with Crippen molar-refractivity contribution in [1.29, 1.82) is 0 Å². The first kappa shape index (κ1) is 15.4. The molecule has 2 N–H and O–H groups in total. The molecular weight excluding hydrogens is 298 g/mol. The van der Waals surface area contributed by atoms with E-state index in [9.17, 15) is 5.11 Å². The van der Waals surface area contributed by atoms with E-state index in [0.717, 1.165) is 44.8 Å². The fourth-order valence-electron chi connectivity index (χ4n) is 2.84. The van der Waals surface area contributed by atoms with Gasteiger partial charge in [-0.2, -0.15) is 0 Å². The van der Waals surface area contributed by atoms with Crippen LogP contribution in [0, 0.1) is 0 Å². The Morgan fingerprint density at radius 1 is 1.04 bits per heavy atom. The summed E-state index contributed by atoms with van der Waals surface area (Å²) < 4.78 is 22.4. The first-order valence-corrected chi connectivity index (χ1v) is 8.23. The monoisotopic (exact) mass is 321 g/mol. The molecule has 23 heavy (non-hydrogen) atoms. The highest BCUT2D eigenvalue weighted by Crippen LogP contribution is 2.33. The Morgan fingerprint density at radius 3 is 2.22 bits per heavy atom. The second kappa shape index (κ2) is 6.37. The molecule has 6 heteroatoms. The number of rotatable bonds is 10. The molecule has 1 aromatic rings. The zero-order valence-electron chi connectivity index (χ0n) is 13.1. The zero-order chi connectivity index (χ0) is 15.7. The predicted octanol–water partition coefficient (Wildman–Crippen LogP) is 1.17.